The summed E-state index contributed by atoms with van der Waals surface area (Å²) < 4.78 is 0. The molecule has 152 valence electrons. The van der Waals surface area contributed by atoms with Crippen LogP contribution < -0.4 is 5.32 Å². The molecular formula is C21H22N2O5S. The lowest BCUT2D eigenvalue weighted by atomic mass is 9.81. The Kier molecular flexibility index (Phi) is 5.38. The van der Waals surface area contributed by atoms with E-state index >= 15 is 0 Å². The largest absolute Gasteiger partial charge is 0.478 e. The smallest absolute Gasteiger partial charge is 0.394 e. The van der Waals surface area contributed by atoms with Gasteiger partial charge in [-0.05, 0) is 49.3 Å². The molecule has 2 aliphatic heterocycles. The molecule has 0 radical (unpaired) electrons. The number of carbonyl (C=O) groups excluding carboxylic acids is 1. The van der Waals surface area contributed by atoms with E-state index in [1.807, 2.05) is 18.2 Å². The highest BCUT2D eigenvalue weighted by molar-refractivity contribution is 7.17. The fraction of sp³-hybridized carbons (Fsp3) is 0.381. The van der Waals surface area contributed by atoms with Gasteiger partial charge in [0, 0.05) is 17.5 Å². The third-order valence-electron chi connectivity index (χ3n) is 5.76. The minimum atomic E-state index is -1.63. The second-order valence-corrected chi connectivity index (χ2v) is 8.57. The van der Waals surface area contributed by atoms with Gasteiger partial charge in [0.25, 0.3) is 0 Å². The number of aromatic carboxylic acids is 1. The van der Waals surface area contributed by atoms with Crippen LogP contribution in [0.25, 0.3) is 0 Å². The standard InChI is InChI=1S/C21H22N2O5S/c24-18(21(27)28)22-19-16(20(25)26)15-13-7-4-10-23(11-13)14(17(15)29-19)9-8-12-5-2-1-3-6-12/h1-3,5-6,13-14H,4,7-11H2,(H,22,24)(H,25,26)(H,27,28). The number of nitrogens with zero attached hydrogens (tertiary/aromatic N) is 1. The van der Waals surface area contributed by atoms with Crippen molar-refractivity contribution in [1.29, 1.82) is 0 Å². The normalized spacial score (nSPS) is 22.6. The van der Waals surface area contributed by atoms with Crippen LogP contribution in [0.2, 0.25) is 0 Å². The Labute approximate surface area is 172 Å². The Hall–Kier alpha value is -2.71. The number of carboxylic acids is 2. The molecular weight excluding hydrogens is 392 g/mol. The number of amides is 1. The summed E-state index contributed by atoms with van der Waals surface area (Å²) in [6.45, 7) is 1.77. The molecule has 3 heterocycles. The van der Waals surface area contributed by atoms with Crippen molar-refractivity contribution >= 4 is 34.2 Å². The van der Waals surface area contributed by atoms with Gasteiger partial charge in [-0.1, -0.05) is 30.3 Å². The van der Waals surface area contributed by atoms with Gasteiger partial charge in [-0.25, -0.2) is 9.59 Å². The lowest BCUT2D eigenvalue weighted by Gasteiger charge is -2.43. The number of benzene rings is 1. The highest BCUT2D eigenvalue weighted by Gasteiger charge is 2.41. The van der Waals surface area contributed by atoms with Crippen LogP contribution >= 0.6 is 11.3 Å². The van der Waals surface area contributed by atoms with Crippen LogP contribution in [0, 0.1) is 0 Å². The molecule has 3 N–H and O–H groups in total. The number of hydrogen-bond acceptors (Lipinski definition) is 5. The Morgan fingerprint density at radius 2 is 1.93 bits per heavy atom. The maximum atomic E-state index is 12.0. The highest BCUT2D eigenvalue weighted by atomic mass is 32.1. The summed E-state index contributed by atoms with van der Waals surface area (Å²) in [7, 11) is 0. The van der Waals surface area contributed by atoms with Gasteiger partial charge in [-0.3, -0.25) is 9.69 Å². The SMILES string of the molecule is O=C(O)C(=O)Nc1sc2c(c1C(=O)O)C1CCCN(C1)C2CCc1ccccc1. The summed E-state index contributed by atoms with van der Waals surface area (Å²) in [4.78, 5) is 38.1. The number of carbonyl (C=O) groups is 3. The summed E-state index contributed by atoms with van der Waals surface area (Å²) >= 11 is 1.22. The molecule has 1 amide bonds. The van der Waals surface area contributed by atoms with Crippen molar-refractivity contribution in [3.63, 3.8) is 0 Å². The molecule has 3 unspecified atom stereocenters. The van der Waals surface area contributed by atoms with E-state index in [2.05, 4.69) is 22.3 Å². The highest BCUT2D eigenvalue weighted by Crippen LogP contribution is 2.50. The van der Waals surface area contributed by atoms with E-state index in [9.17, 15) is 19.5 Å². The van der Waals surface area contributed by atoms with Crippen molar-refractivity contribution in [2.45, 2.75) is 37.6 Å². The molecule has 1 fully saturated rings. The van der Waals surface area contributed by atoms with E-state index in [1.165, 1.54) is 16.9 Å². The summed E-state index contributed by atoms with van der Waals surface area (Å²) in [6, 6.07) is 10.2. The molecule has 1 aromatic carbocycles. The fourth-order valence-electron chi connectivity index (χ4n) is 4.52. The summed E-state index contributed by atoms with van der Waals surface area (Å²) in [6.07, 6.45) is 3.61. The first-order valence-corrected chi connectivity index (χ1v) is 10.5. The minimum absolute atomic E-state index is 0.0656. The maximum absolute atomic E-state index is 12.0. The Morgan fingerprint density at radius 1 is 1.17 bits per heavy atom. The van der Waals surface area contributed by atoms with Crippen molar-refractivity contribution in [2.75, 3.05) is 18.4 Å². The van der Waals surface area contributed by atoms with Crippen LogP contribution in [0.3, 0.4) is 0 Å². The molecule has 1 saturated heterocycles. The van der Waals surface area contributed by atoms with Crippen LogP contribution in [0.15, 0.2) is 30.3 Å². The molecule has 2 aromatic rings. The number of fused-ring (bicyclic) bond motifs is 4. The van der Waals surface area contributed by atoms with Gasteiger partial charge < -0.3 is 15.5 Å². The molecule has 1 aromatic heterocycles. The third-order valence-corrected chi connectivity index (χ3v) is 6.99. The average molecular weight is 414 g/mol. The van der Waals surface area contributed by atoms with Crippen molar-refractivity contribution in [3.05, 3.63) is 51.9 Å². The number of anilines is 1. The number of aliphatic carboxylic acids is 1. The Balaban J connectivity index is 1.72. The predicted molar refractivity (Wildman–Crippen MR) is 109 cm³/mol. The zero-order chi connectivity index (χ0) is 20.5. The molecule has 29 heavy (non-hydrogen) atoms. The van der Waals surface area contributed by atoms with Crippen LogP contribution in [0.1, 0.15) is 57.6 Å². The van der Waals surface area contributed by atoms with E-state index < -0.39 is 17.8 Å². The molecule has 0 saturated carbocycles. The second-order valence-electron chi connectivity index (χ2n) is 7.52. The van der Waals surface area contributed by atoms with E-state index in [4.69, 9.17) is 5.11 Å². The van der Waals surface area contributed by atoms with E-state index in [0.717, 1.165) is 49.2 Å². The number of rotatable bonds is 5. The zero-order valence-electron chi connectivity index (χ0n) is 15.8. The lowest BCUT2D eigenvalue weighted by Crippen LogP contribution is -2.42. The molecule has 4 rings (SSSR count). The molecule has 2 bridgehead atoms. The first-order chi connectivity index (χ1) is 14.0. The maximum Gasteiger partial charge on any atom is 0.394 e. The summed E-state index contributed by atoms with van der Waals surface area (Å²) in [5, 5.41) is 21.2. The number of carboxylic acid groups (broad SMARTS) is 2. The Morgan fingerprint density at radius 3 is 2.62 bits per heavy atom. The van der Waals surface area contributed by atoms with Gasteiger partial charge in [0.05, 0.1) is 5.56 Å². The van der Waals surface area contributed by atoms with Crippen molar-refractivity contribution in [2.24, 2.45) is 0 Å². The number of piperidine rings is 1. The van der Waals surface area contributed by atoms with Gasteiger partial charge in [-0.2, -0.15) is 0 Å². The summed E-state index contributed by atoms with van der Waals surface area (Å²) in [5.74, 6) is -3.86. The van der Waals surface area contributed by atoms with Gasteiger partial charge >= 0.3 is 17.8 Å². The molecule has 0 aliphatic carbocycles. The van der Waals surface area contributed by atoms with E-state index in [0.29, 0.717) is 0 Å². The topological polar surface area (TPSA) is 107 Å². The van der Waals surface area contributed by atoms with Crippen molar-refractivity contribution in [1.82, 2.24) is 4.90 Å². The van der Waals surface area contributed by atoms with Crippen LogP contribution in [-0.4, -0.2) is 46.0 Å². The van der Waals surface area contributed by atoms with E-state index in [1.54, 1.807) is 0 Å². The summed E-state index contributed by atoms with van der Waals surface area (Å²) in [5.41, 5.74) is 2.08. The van der Waals surface area contributed by atoms with Gasteiger partial charge in [-0.15, -0.1) is 11.3 Å². The van der Waals surface area contributed by atoms with Crippen molar-refractivity contribution < 1.29 is 24.6 Å². The number of hydrogen-bond donors (Lipinski definition) is 3. The zero-order valence-corrected chi connectivity index (χ0v) is 16.6. The first kappa shape index (κ1) is 19.6. The number of thiophene rings is 1. The number of aryl methyl sites for hydroxylation is 1. The van der Waals surface area contributed by atoms with E-state index in [-0.39, 0.29) is 22.5 Å². The lowest BCUT2D eigenvalue weighted by molar-refractivity contribution is -0.147. The predicted octanol–water partition coefficient (Wildman–Crippen LogP) is 3.34. The van der Waals surface area contributed by atoms with Crippen LogP contribution in [-0.2, 0) is 16.0 Å². The van der Waals surface area contributed by atoms with Gasteiger partial charge in [0.1, 0.15) is 5.00 Å². The third kappa shape index (κ3) is 3.77. The molecule has 0 spiro atoms. The molecule has 7 nitrogen and oxygen atoms in total. The fourth-order valence-corrected chi connectivity index (χ4v) is 5.97. The quantitative estimate of drug-likeness (QED) is 0.648. The Bertz CT molecular complexity index is 955. The first-order valence-electron chi connectivity index (χ1n) is 9.67. The monoisotopic (exact) mass is 414 g/mol. The van der Waals surface area contributed by atoms with Crippen LogP contribution in [0.4, 0.5) is 5.00 Å². The molecule has 2 aliphatic rings. The van der Waals surface area contributed by atoms with Crippen molar-refractivity contribution in [3.8, 4) is 0 Å². The molecule has 8 heteroatoms. The second kappa shape index (κ2) is 7.96. The molecule has 3 atom stereocenters. The van der Waals surface area contributed by atoms with Gasteiger partial charge in [0.2, 0.25) is 0 Å². The number of nitrogens with one attached hydrogen (secondary N) is 1. The minimum Gasteiger partial charge on any atom is -0.478 e. The van der Waals surface area contributed by atoms with Crippen LogP contribution in [0.5, 0.6) is 0 Å². The average Bonchev–Trinajstić information content (AvgIpc) is 3.08. The van der Waals surface area contributed by atoms with Gasteiger partial charge in [0.15, 0.2) is 0 Å².